The Kier molecular flexibility index (Phi) is 9.50. The number of unbranched alkanes of at least 4 members (excludes halogenated alkanes) is 1. The van der Waals surface area contributed by atoms with Gasteiger partial charge >= 0.3 is 5.97 Å². The van der Waals surface area contributed by atoms with Crippen LogP contribution in [0.25, 0.3) is 0 Å². The summed E-state index contributed by atoms with van der Waals surface area (Å²) in [5, 5.41) is 3.02. The van der Waals surface area contributed by atoms with Gasteiger partial charge < -0.3 is 10.1 Å². The largest absolute Gasteiger partial charge is 0.465 e. The van der Waals surface area contributed by atoms with Crippen LogP contribution in [-0.4, -0.2) is 57.1 Å². The lowest BCUT2D eigenvalue weighted by Crippen LogP contribution is -2.48. The Bertz CT molecular complexity index is 384. The predicted molar refractivity (Wildman–Crippen MR) is 85.0 cm³/mol. The van der Waals surface area contributed by atoms with E-state index in [1.807, 2.05) is 6.92 Å². The first-order chi connectivity index (χ1) is 9.25. The first-order valence-electron chi connectivity index (χ1n) is 6.87. The van der Waals surface area contributed by atoms with E-state index in [1.165, 1.54) is 6.26 Å². The molecule has 0 aromatic heterocycles. The molecule has 1 N–H and O–H groups in total. The number of ether oxygens (including phenoxy) is 1. The molecule has 0 saturated heterocycles. The third-order valence-corrected chi connectivity index (χ3v) is 5.37. The minimum absolute atomic E-state index is 0.216. The molecular formula is C13H27NO4S2. The Balaban J connectivity index is 3.84. The van der Waals surface area contributed by atoms with E-state index in [2.05, 4.69) is 5.32 Å². The smallest absolute Gasteiger partial charge is 0.326 e. The monoisotopic (exact) mass is 325 g/mol. The number of hydrogen-bond acceptors (Lipinski definition) is 6. The van der Waals surface area contributed by atoms with Crippen molar-refractivity contribution in [3.63, 3.8) is 0 Å². The molecule has 0 heterocycles. The summed E-state index contributed by atoms with van der Waals surface area (Å²) in [6.07, 6.45) is 3.84. The summed E-state index contributed by atoms with van der Waals surface area (Å²) in [7, 11) is -1.09. The second kappa shape index (κ2) is 9.63. The highest BCUT2D eigenvalue weighted by Crippen LogP contribution is 2.17. The van der Waals surface area contributed by atoms with Crippen molar-refractivity contribution in [1.29, 1.82) is 0 Å². The van der Waals surface area contributed by atoms with Crippen molar-refractivity contribution >= 4 is 27.6 Å². The second-order valence-electron chi connectivity index (χ2n) is 5.00. The van der Waals surface area contributed by atoms with Crippen molar-refractivity contribution in [3.8, 4) is 0 Å². The summed E-state index contributed by atoms with van der Waals surface area (Å²) in [6, 6.07) is 0. The third kappa shape index (κ3) is 8.81. The quantitative estimate of drug-likeness (QED) is 0.458. The van der Waals surface area contributed by atoms with Crippen LogP contribution in [0.3, 0.4) is 0 Å². The molecule has 1 atom stereocenters. The normalized spacial score (nSPS) is 14.8. The average molecular weight is 325 g/mol. The molecule has 0 saturated carbocycles. The molecule has 5 nitrogen and oxygen atoms in total. The number of nitrogens with one attached hydrogen (secondary N) is 1. The molecule has 120 valence electrons. The van der Waals surface area contributed by atoms with Gasteiger partial charge in [-0.15, -0.1) is 0 Å². The highest BCUT2D eigenvalue weighted by atomic mass is 32.2. The van der Waals surface area contributed by atoms with Crippen LogP contribution in [0.1, 0.15) is 33.1 Å². The fourth-order valence-corrected chi connectivity index (χ4v) is 3.91. The van der Waals surface area contributed by atoms with Crippen LogP contribution in [0.4, 0.5) is 0 Å². The fraction of sp³-hybridized carbons (Fsp3) is 0.923. The number of carbonyl (C=O) groups excluding carboxylic acids is 1. The predicted octanol–water partition coefficient (Wildman–Crippen LogP) is 1.48. The number of rotatable bonds is 11. The molecule has 0 aromatic carbocycles. The molecule has 0 rings (SSSR count). The Morgan fingerprint density at radius 1 is 1.30 bits per heavy atom. The summed E-state index contributed by atoms with van der Waals surface area (Å²) in [5.41, 5.74) is -0.632. The fourth-order valence-electron chi connectivity index (χ4n) is 1.61. The van der Waals surface area contributed by atoms with Crippen molar-refractivity contribution in [3.05, 3.63) is 0 Å². The first kappa shape index (κ1) is 19.7. The SMILES string of the molecule is CCOC(=O)C(C)(CCCCSCCS(C)(=O)=O)NC. The van der Waals surface area contributed by atoms with Gasteiger partial charge in [-0.3, -0.25) is 4.79 Å². The van der Waals surface area contributed by atoms with Crippen LogP contribution in [0.2, 0.25) is 0 Å². The maximum absolute atomic E-state index is 11.8. The molecule has 1 unspecified atom stereocenters. The van der Waals surface area contributed by atoms with Gasteiger partial charge in [0.1, 0.15) is 15.4 Å². The van der Waals surface area contributed by atoms with Gasteiger partial charge in [-0.25, -0.2) is 8.42 Å². The standard InChI is InChI=1S/C13H27NO4S2/c1-5-18-12(15)13(2,14-3)8-6-7-9-19-10-11-20(4,16)17/h14H,5-11H2,1-4H3. The van der Waals surface area contributed by atoms with Gasteiger partial charge in [-0.2, -0.15) is 11.8 Å². The zero-order valence-electron chi connectivity index (χ0n) is 12.9. The Labute approximate surface area is 127 Å². The van der Waals surface area contributed by atoms with Crippen LogP contribution in [0, 0.1) is 0 Å². The number of sulfone groups is 1. The number of thioether (sulfide) groups is 1. The maximum Gasteiger partial charge on any atom is 0.326 e. The van der Waals surface area contributed by atoms with Gasteiger partial charge in [0.15, 0.2) is 0 Å². The van der Waals surface area contributed by atoms with E-state index in [1.54, 1.807) is 25.7 Å². The molecule has 0 bridgehead atoms. The molecule has 0 aromatic rings. The van der Waals surface area contributed by atoms with E-state index < -0.39 is 15.4 Å². The van der Waals surface area contributed by atoms with E-state index in [0.717, 1.165) is 25.0 Å². The number of likely N-dealkylation sites (N-methyl/N-ethyl adjacent to an activating group) is 1. The summed E-state index contributed by atoms with van der Waals surface area (Å²) in [4.78, 5) is 11.8. The lowest BCUT2D eigenvalue weighted by atomic mass is 9.95. The van der Waals surface area contributed by atoms with E-state index in [-0.39, 0.29) is 11.7 Å². The van der Waals surface area contributed by atoms with Crippen molar-refractivity contribution in [2.75, 3.05) is 37.2 Å². The molecule has 0 radical (unpaired) electrons. The number of hydrogen-bond donors (Lipinski definition) is 1. The van der Waals surface area contributed by atoms with Crippen molar-refractivity contribution in [2.24, 2.45) is 0 Å². The minimum Gasteiger partial charge on any atom is -0.465 e. The maximum atomic E-state index is 11.8. The Hall–Kier alpha value is -0.270. The van der Waals surface area contributed by atoms with Crippen LogP contribution in [0.5, 0.6) is 0 Å². The van der Waals surface area contributed by atoms with E-state index in [0.29, 0.717) is 12.4 Å². The first-order valence-corrected chi connectivity index (χ1v) is 10.1. The lowest BCUT2D eigenvalue weighted by Gasteiger charge is -2.26. The molecule has 20 heavy (non-hydrogen) atoms. The Morgan fingerprint density at radius 3 is 2.45 bits per heavy atom. The van der Waals surface area contributed by atoms with Crippen LogP contribution < -0.4 is 5.32 Å². The molecule has 0 aliphatic heterocycles. The van der Waals surface area contributed by atoms with Gasteiger partial charge in [-0.05, 0) is 39.5 Å². The van der Waals surface area contributed by atoms with Crippen molar-refractivity contribution in [1.82, 2.24) is 5.32 Å². The van der Waals surface area contributed by atoms with Gasteiger partial charge in [0.05, 0.1) is 12.4 Å². The molecule has 0 amide bonds. The molecule has 7 heteroatoms. The van der Waals surface area contributed by atoms with Gasteiger partial charge in [0.2, 0.25) is 0 Å². The zero-order valence-corrected chi connectivity index (χ0v) is 14.5. The highest BCUT2D eigenvalue weighted by Gasteiger charge is 2.31. The summed E-state index contributed by atoms with van der Waals surface area (Å²) in [5.74, 6) is 1.57. The molecule has 0 fully saturated rings. The molecule has 0 aliphatic rings. The molecule has 0 aliphatic carbocycles. The third-order valence-electron chi connectivity index (χ3n) is 3.09. The lowest BCUT2D eigenvalue weighted by molar-refractivity contribution is -0.150. The van der Waals surface area contributed by atoms with E-state index >= 15 is 0 Å². The number of esters is 1. The Morgan fingerprint density at radius 2 is 1.95 bits per heavy atom. The molecular weight excluding hydrogens is 298 g/mol. The summed E-state index contributed by atoms with van der Waals surface area (Å²) in [6.45, 7) is 4.03. The summed E-state index contributed by atoms with van der Waals surface area (Å²) < 4.78 is 27.0. The second-order valence-corrected chi connectivity index (χ2v) is 8.49. The van der Waals surface area contributed by atoms with Crippen LogP contribution in [-0.2, 0) is 19.4 Å². The minimum atomic E-state index is -2.85. The van der Waals surface area contributed by atoms with E-state index in [4.69, 9.17) is 4.74 Å². The number of carbonyl (C=O) groups is 1. The summed E-state index contributed by atoms with van der Waals surface area (Å²) >= 11 is 1.64. The van der Waals surface area contributed by atoms with Crippen molar-refractivity contribution < 1.29 is 17.9 Å². The molecule has 0 spiro atoms. The van der Waals surface area contributed by atoms with Crippen LogP contribution >= 0.6 is 11.8 Å². The van der Waals surface area contributed by atoms with Gasteiger partial charge in [0, 0.05) is 12.0 Å². The van der Waals surface area contributed by atoms with Crippen molar-refractivity contribution in [2.45, 2.75) is 38.6 Å². The van der Waals surface area contributed by atoms with Gasteiger partial charge in [0.25, 0.3) is 0 Å². The van der Waals surface area contributed by atoms with E-state index in [9.17, 15) is 13.2 Å². The zero-order chi connectivity index (χ0) is 15.6. The van der Waals surface area contributed by atoms with Crippen LogP contribution in [0.15, 0.2) is 0 Å². The average Bonchev–Trinajstić information content (AvgIpc) is 2.36. The highest BCUT2D eigenvalue weighted by molar-refractivity contribution is 8.00. The topological polar surface area (TPSA) is 72.5 Å². The van der Waals surface area contributed by atoms with Gasteiger partial charge in [-0.1, -0.05) is 6.42 Å².